The summed E-state index contributed by atoms with van der Waals surface area (Å²) >= 11 is 0. The zero-order valence-electron chi connectivity index (χ0n) is 19.5. The Morgan fingerprint density at radius 3 is 2.57 bits per heavy atom. The molecule has 1 aromatic carbocycles. The van der Waals surface area contributed by atoms with E-state index in [4.69, 9.17) is 4.74 Å². The second-order valence-corrected chi connectivity index (χ2v) is 8.57. The quantitative estimate of drug-likeness (QED) is 0.493. The molecule has 10 heteroatoms. The Bertz CT molecular complexity index is 1210. The zero-order chi connectivity index (χ0) is 25.3. The van der Waals surface area contributed by atoms with Gasteiger partial charge in [0.1, 0.15) is 18.1 Å². The smallest absolute Gasteiger partial charge is 0.405 e. The summed E-state index contributed by atoms with van der Waals surface area (Å²) in [5.41, 5.74) is 2.47. The monoisotopic (exact) mass is 486 g/mol. The molecule has 4 rings (SSSR count). The fourth-order valence-electron chi connectivity index (χ4n) is 4.34. The van der Waals surface area contributed by atoms with Gasteiger partial charge in [0.05, 0.1) is 6.04 Å². The lowest BCUT2D eigenvalue weighted by atomic mass is 10.0. The number of halogens is 3. The van der Waals surface area contributed by atoms with Gasteiger partial charge < -0.3 is 19.9 Å². The van der Waals surface area contributed by atoms with Crippen molar-refractivity contribution in [2.24, 2.45) is 0 Å². The minimum atomic E-state index is -4.33. The lowest BCUT2D eigenvalue weighted by Gasteiger charge is -2.35. The van der Waals surface area contributed by atoms with Crippen LogP contribution >= 0.6 is 0 Å². The number of esters is 1. The van der Waals surface area contributed by atoms with Gasteiger partial charge in [-0.15, -0.1) is 0 Å². The molecule has 0 saturated heterocycles. The van der Waals surface area contributed by atoms with Gasteiger partial charge in [0.2, 0.25) is 0 Å². The summed E-state index contributed by atoms with van der Waals surface area (Å²) in [5, 5.41) is 2.45. The largest absolute Gasteiger partial charge is 0.422 e. The summed E-state index contributed by atoms with van der Waals surface area (Å²) in [7, 11) is 1.70. The third-order valence-electron chi connectivity index (χ3n) is 6.06. The van der Waals surface area contributed by atoms with Crippen LogP contribution in [0, 0.1) is 0 Å². The molecule has 1 amide bonds. The van der Waals surface area contributed by atoms with Crippen LogP contribution in [0.5, 0.6) is 5.75 Å². The number of allylic oxidation sites excluding steroid dienone is 2. The van der Waals surface area contributed by atoms with Gasteiger partial charge in [-0.3, -0.25) is 4.79 Å². The number of nitrogens with zero attached hydrogens (tertiary/aromatic N) is 3. The third-order valence-corrected chi connectivity index (χ3v) is 6.06. The molecule has 0 aliphatic carbocycles. The van der Waals surface area contributed by atoms with Crippen LogP contribution in [-0.4, -0.2) is 59.0 Å². The van der Waals surface area contributed by atoms with Crippen LogP contribution in [0.4, 0.5) is 13.2 Å². The van der Waals surface area contributed by atoms with E-state index in [1.165, 1.54) is 6.20 Å². The van der Waals surface area contributed by atoms with E-state index in [9.17, 15) is 22.8 Å². The number of benzene rings is 1. The number of hydrogen-bond donors (Lipinski definition) is 1. The van der Waals surface area contributed by atoms with Crippen LogP contribution in [0.25, 0.3) is 0 Å². The highest BCUT2D eigenvalue weighted by Gasteiger charge is 2.37. The molecule has 0 fully saturated rings. The van der Waals surface area contributed by atoms with E-state index < -0.39 is 18.7 Å². The summed E-state index contributed by atoms with van der Waals surface area (Å²) in [6.45, 7) is 2.98. The zero-order valence-corrected chi connectivity index (χ0v) is 19.5. The molecule has 35 heavy (non-hydrogen) atoms. The van der Waals surface area contributed by atoms with Crippen LogP contribution in [0.15, 0.2) is 65.6 Å². The summed E-state index contributed by atoms with van der Waals surface area (Å²) in [5.74, 6) is -0.121. The minimum Gasteiger partial charge on any atom is -0.422 e. The van der Waals surface area contributed by atoms with Crippen molar-refractivity contribution in [1.29, 1.82) is 0 Å². The van der Waals surface area contributed by atoms with Crippen molar-refractivity contribution in [3.63, 3.8) is 0 Å². The number of para-hydroxylation sites is 1. The summed E-state index contributed by atoms with van der Waals surface area (Å²) < 4.78 is 43.4. The number of carbonyl (C=O) groups excluding carboxylic acids is 2. The van der Waals surface area contributed by atoms with Crippen LogP contribution in [0.1, 0.15) is 40.3 Å². The van der Waals surface area contributed by atoms with E-state index >= 15 is 0 Å². The number of hydrogen-bond acceptors (Lipinski definition) is 6. The van der Waals surface area contributed by atoms with E-state index in [-0.39, 0.29) is 24.2 Å². The van der Waals surface area contributed by atoms with E-state index in [0.717, 1.165) is 5.57 Å². The predicted octanol–water partition coefficient (Wildman–Crippen LogP) is 3.90. The molecule has 2 aromatic rings. The maximum Gasteiger partial charge on any atom is 0.405 e. The molecule has 2 aliphatic rings. The van der Waals surface area contributed by atoms with E-state index in [1.54, 1.807) is 60.2 Å². The molecule has 0 bridgehead atoms. The number of amides is 1. The maximum absolute atomic E-state index is 13.2. The molecule has 2 aliphatic heterocycles. The SMILES string of the molecule is CC1=C(NCC(F)(F)F)N(C)CC(C(C)N2Cc3c(ccnc3C(=O)Oc3ccccc3)C2=O)=C1. The van der Waals surface area contributed by atoms with Gasteiger partial charge in [-0.1, -0.05) is 24.3 Å². The number of likely N-dealkylation sites (N-methyl/N-ethyl adjacent to an activating group) is 1. The average Bonchev–Trinajstić information content (AvgIpc) is 3.14. The molecule has 3 heterocycles. The van der Waals surface area contributed by atoms with Gasteiger partial charge in [0.15, 0.2) is 5.69 Å². The fourth-order valence-corrected chi connectivity index (χ4v) is 4.34. The van der Waals surface area contributed by atoms with Gasteiger partial charge in [-0.05, 0) is 43.2 Å². The highest BCUT2D eigenvalue weighted by molar-refractivity contribution is 6.02. The van der Waals surface area contributed by atoms with E-state index in [2.05, 4.69) is 10.3 Å². The number of alkyl halides is 3. The fraction of sp³-hybridized carbons (Fsp3) is 0.320. The van der Waals surface area contributed by atoms with Gasteiger partial charge in [0.25, 0.3) is 5.91 Å². The second-order valence-electron chi connectivity index (χ2n) is 8.57. The number of fused-ring (bicyclic) bond motifs is 1. The van der Waals surface area contributed by atoms with Gasteiger partial charge in [-0.25, -0.2) is 9.78 Å². The number of rotatable bonds is 6. The van der Waals surface area contributed by atoms with Crippen molar-refractivity contribution in [2.75, 3.05) is 20.1 Å². The topological polar surface area (TPSA) is 74.8 Å². The highest BCUT2D eigenvalue weighted by Crippen LogP contribution is 2.31. The van der Waals surface area contributed by atoms with Gasteiger partial charge in [-0.2, -0.15) is 13.2 Å². The predicted molar refractivity (Wildman–Crippen MR) is 122 cm³/mol. The molecule has 1 unspecified atom stereocenters. The molecule has 7 nitrogen and oxygen atoms in total. The van der Waals surface area contributed by atoms with Gasteiger partial charge >= 0.3 is 12.1 Å². The van der Waals surface area contributed by atoms with Crippen LogP contribution in [0.3, 0.4) is 0 Å². The number of aromatic nitrogens is 1. The molecular weight excluding hydrogens is 461 g/mol. The number of carbonyl (C=O) groups is 2. The Morgan fingerprint density at radius 1 is 1.20 bits per heavy atom. The normalized spacial score (nSPS) is 16.7. The first-order chi connectivity index (χ1) is 16.5. The molecule has 0 radical (unpaired) electrons. The van der Waals surface area contributed by atoms with Crippen molar-refractivity contribution in [1.82, 2.24) is 20.1 Å². The van der Waals surface area contributed by atoms with E-state index in [1.807, 2.05) is 13.0 Å². The van der Waals surface area contributed by atoms with Crippen molar-refractivity contribution in [3.8, 4) is 5.75 Å². The average molecular weight is 486 g/mol. The Balaban J connectivity index is 1.54. The van der Waals surface area contributed by atoms with E-state index in [0.29, 0.717) is 34.8 Å². The maximum atomic E-state index is 13.2. The van der Waals surface area contributed by atoms with Crippen molar-refractivity contribution < 1.29 is 27.5 Å². The number of ether oxygens (including phenoxy) is 1. The first-order valence-electron chi connectivity index (χ1n) is 11.0. The Morgan fingerprint density at radius 2 is 1.91 bits per heavy atom. The van der Waals surface area contributed by atoms with Crippen molar-refractivity contribution >= 4 is 11.9 Å². The van der Waals surface area contributed by atoms with Crippen LogP contribution in [-0.2, 0) is 6.54 Å². The molecule has 0 spiro atoms. The Hall–Kier alpha value is -3.82. The third kappa shape index (κ3) is 5.16. The molecule has 1 aromatic heterocycles. The molecule has 1 atom stereocenters. The first kappa shape index (κ1) is 24.3. The molecule has 0 saturated carbocycles. The standard InChI is InChI=1S/C25H25F3N4O3/c1-15-11-17(12-31(3)22(15)30-14-25(26,27)28)16(2)32-13-20-19(23(32)33)9-10-29-21(20)24(34)35-18-7-5-4-6-8-18/h4-11,16,30H,12-14H2,1-3H3. The Kier molecular flexibility index (Phi) is 6.56. The Labute approximate surface area is 200 Å². The molecular formula is C25H25F3N4O3. The lowest BCUT2D eigenvalue weighted by molar-refractivity contribution is -0.124. The summed E-state index contributed by atoms with van der Waals surface area (Å²) in [6.07, 6.45) is -1.11. The van der Waals surface area contributed by atoms with Crippen LogP contribution < -0.4 is 10.1 Å². The summed E-state index contributed by atoms with van der Waals surface area (Å²) in [6, 6.07) is 9.82. The second kappa shape index (κ2) is 9.44. The number of nitrogens with one attached hydrogen (secondary N) is 1. The number of pyridine rings is 1. The van der Waals surface area contributed by atoms with Crippen LogP contribution in [0.2, 0.25) is 0 Å². The minimum absolute atomic E-state index is 0.0823. The molecule has 1 N–H and O–H groups in total. The first-order valence-corrected chi connectivity index (χ1v) is 11.0. The highest BCUT2D eigenvalue weighted by atomic mass is 19.4. The molecule has 184 valence electrons. The van der Waals surface area contributed by atoms with Crippen molar-refractivity contribution in [3.05, 3.63) is 82.5 Å². The summed E-state index contributed by atoms with van der Waals surface area (Å²) in [4.78, 5) is 33.5. The lowest BCUT2D eigenvalue weighted by Crippen LogP contribution is -2.42. The van der Waals surface area contributed by atoms with Crippen molar-refractivity contribution in [2.45, 2.75) is 32.6 Å². The van der Waals surface area contributed by atoms with Gasteiger partial charge in [0, 0.05) is 37.5 Å².